The van der Waals surface area contributed by atoms with Crippen molar-refractivity contribution >= 4 is 5.78 Å². The van der Waals surface area contributed by atoms with Crippen LogP contribution in [0.5, 0.6) is 0 Å². The highest BCUT2D eigenvalue weighted by atomic mass is 16.1. The van der Waals surface area contributed by atoms with Gasteiger partial charge in [-0.1, -0.05) is 23.8 Å². The van der Waals surface area contributed by atoms with Gasteiger partial charge in [-0.3, -0.25) is 4.79 Å². The Hall–Kier alpha value is -1.15. The Bertz CT molecular complexity index is 391. The summed E-state index contributed by atoms with van der Waals surface area (Å²) in [4.78, 5) is 11.9. The van der Waals surface area contributed by atoms with E-state index in [0.717, 1.165) is 24.0 Å². The van der Waals surface area contributed by atoms with E-state index in [1.807, 2.05) is 32.0 Å². The Morgan fingerprint density at radius 2 is 2.00 bits per heavy atom. The van der Waals surface area contributed by atoms with Crippen molar-refractivity contribution in [3.63, 3.8) is 0 Å². The van der Waals surface area contributed by atoms with E-state index in [0.29, 0.717) is 0 Å². The molecule has 0 bridgehead atoms. The highest BCUT2D eigenvalue weighted by Crippen LogP contribution is 2.36. The molecule has 1 aromatic rings. The van der Waals surface area contributed by atoms with E-state index in [-0.39, 0.29) is 5.78 Å². The number of ketones is 1. The lowest BCUT2D eigenvalue weighted by molar-refractivity contribution is 0.0948. The largest absolute Gasteiger partial charge is 0.319 e. The smallest absolute Gasteiger partial charge is 0.182 e. The van der Waals surface area contributed by atoms with E-state index >= 15 is 0 Å². The van der Waals surface area contributed by atoms with Crippen LogP contribution < -0.4 is 5.73 Å². The molecule has 2 N–H and O–H groups in total. The summed E-state index contributed by atoms with van der Waals surface area (Å²) >= 11 is 0. The summed E-state index contributed by atoms with van der Waals surface area (Å²) in [6, 6.07) is 5.88. The number of Topliss-reactive ketones (excluding diaryl/α,β-unsaturated/α-hetero) is 1. The van der Waals surface area contributed by atoms with E-state index in [9.17, 15) is 4.79 Å². The lowest BCUT2D eigenvalue weighted by atomic mass is 9.97. The zero-order valence-corrected chi connectivity index (χ0v) is 8.63. The monoisotopic (exact) mass is 189 g/mol. The summed E-state index contributed by atoms with van der Waals surface area (Å²) in [5.41, 5.74) is 8.34. The quantitative estimate of drug-likeness (QED) is 0.723. The average molecular weight is 189 g/mol. The highest BCUT2D eigenvalue weighted by Gasteiger charge is 2.46. The molecule has 0 unspecified atom stereocenters. The van der Waals surface area contributed by atoms with Crippen LogP contribution in [0.1, 0.15) is 34.3 Å². The fraction of sp³-hybridized carbons (Fsp3) is 0.417. The van der Waals surface area contributed by atoms with Crippen molar-refractivity contribution in [2.45, 2.75) is 32.2 Å². The number of nitrogens with two attached hydrogens (primary N) is 1. The topological polar surface area (TPSA) is 43.1 Å². The van der Waals surface area contributed by atoms with Crippen LogP contribution in [0.3, 0.4) is 0 Å². The van der Waals surface area contributed by atoms with Crippen LogP contribution in [-0.4, -0.2) is 11.3 Å². The van der Waals surface area contributed by atoms with Gasteiger partial charge in [-0.25, -0.2) is 0 Å². The van der Waals surface area contributed by atoms with Crippen LogP contribution in [-0.2, 0) is 0 Å². The molecule has 1 aliphatic carbocycles. The lowest BCUT2D eigenvalue weighted by Crippen LogP contribution is -2.33. The Kier molecular flexibility index (Phi) is 1.96. The Morgan fingerprint density at radius 1 is 1.36 bits per heavy atom. The number of aryl methyl sites for hydroxylation is 2. The van der Waals surface area contributed by atoms with E-state index in [1.165, 1.54) is 5.56 Å². The predicted octanol–water partition coefficient (Wildman–Crippen LogP) is 1.98. The molecule has 0 aliphatic heterocycles. The molecule has 0 aromatic heterocycles. The van der Waals surface area contributed by atoms with Crippen LogP contribution in [0, 0.1) is 13.8 Å². The van der Waals surface area contributed by atoms with Crippen LogP contribution in [0.25, 0.3) is 0 Å². The summed E-state index contributed by atoms with van der Waals surface area (Å²) in [6.45, 7) is 3.99. The molecule has 1 fully saturated rings. The van der Waals surface area contributed by atoms with Gasteiger partial charge in [0.1, 0.15) is 0 Å². The second-order valence-electron chi connectivity index (χ2n) is 4.30. The molecule has 2 nitrogen and oxygen atoms in total. The molecule has 74 valence electrons. The van der Waals surface area contributed by atoms with Gasteiger partial charge in [0.15, 0.2) is 5.78 Å². The van der Waals surface area contributed by atoms with Gasteiger partial charge in [0.25, 0.3) is 0 Å². The minimum Gasteiger partial charge on any atom is -0.319 e. The maximum atomic E-state index is 11.9. The first-order valence-electron chi connectivity index (χ1n) is 4.94. The molecule has 0 amide bonds. The molecule has 0 spiro atoms. The van der Waals surface area contributed by atoms with Crippen LogP contribution >= 0.6 is 0 Å². The fourth-order valence-electron chi connectivity index (χ4n) is 1.70. The minimum atomic E-state index is -0.542. The summed E-state index contributed by atoms with van der Waals surface area (Å²) in [5, 5.41) is 0. The standard InChI is InChI=1S/C12H15NO/c1-8-3-4-10(9(2)7-8)11(14)12(13)5-6-12/h3-4,7H,5-6,13H2,1-2H3. The van der Waals surface area contributed by atoms with Crippen molar-refractivity contribution in [1.82, 2.24) is 0 Å². The van der Waals surface area contributed by atoms with E-state index < -0.39 is 5.54 Å². The molecule has 2 rings (SSSR count). The van der Waals surface area contributed by atoms with E-state index in [1.54, 1.807) is 0 Å². The number of carbonyl (C=O) groups excluding carboxylic acids is 1. The first-order chi connectivity index (χ1) is 6.53. The Balaban J connectivity index is 2.37. The van der Waals surface area contributed by atoms with E-state index in [2.05, 4.69) is 0 Å². The fourth-order valence-corrected chi connectivity index (χ4v) is 1.70. The number of hydrogen-bond acceptors (Lipinski definition) is 2. The molecule has 14 heavy (non-hydrogen) atoms. The zero-order valence-electron chi connectivity index (χ0n) is 8.63. The normalized spacial score (nSPS) is 17.9. The van der Waals surface area contributed by atoms with Gasteiger partial charge in [0.2, 0.25) is 0 Å². The summed E-state index contributed by atoms with van der Waals surface area (Å²) in [7, 11) is 0. The first-order valence-corrected chi connectivity index (χ1v) is 4.94. The van der Waals surface area contributed by atoms with Crippen LogP contribution in [0.4, 0.5) is 0 Å². The third-order valence-electron chi connectivity index (χ3n) is 2.87. The Morgan fingerprint density at radius 3 is 2.50 bits per heavy atom. The van der Waals surface area contributed by atoms with Gasteiger partial charge >= 0.3 is 0 Å². The molecule has 1 aromatic carbocycles. The SMILES string of the molecule is Cc1ccc(C(=O)C2(N)CC2)c(C)c1. The molecule has 0 saturated heterocycles. The molecular weight excluding hydrogens is 174 g/mol. The van der Waals surface area contributed by atoms with Gasteiger partial charge in [0.05, 0.1) is 5.54 Å². The van der Waals surface area contributed by atoms with Crippen LogP contribution in [0.2, 0.25) is 0 Å². The predicted molar refractivity (Wildman–Crippen MR) is 56.4 cm³/mol. The van der Waals surface area contributed by atoms with E-state index in [4.69, 9.17) is 5.73 Å². The van der Waals surface area contributed by atoms with Crippen molar-refractivity contribution < 1.29 is 4.79 Å². The van der Waals surface area contributed by atoms with Gasteiger partial charge in [-0.05, 0) is 32.3 Å². The molecule has 1 aliphatic rings. The molecule has 0 radical (unpaired) electrons. The summed E-state index contributed by atoms with van der Waals surface area (Å²) in [5.74, 6) is 0.106. The number of benzene rings is 1. The highest BCUT2D eigenvalue weighted by molar-refractivity contribution is 6.06. The van der Waals surface area contributed by atoms with Crippen LogP contribution in [0.15, 0.2) is 18.2 Å². The number of hydrogen-bond donors (Lipinski definition) is 1. The molecule has 0 atom stereocenters. The van der Waals surface area contributed by atoms with Crippen molar-refractivity contribution in [1.29, 1.82) is 0 Å². The maximum Gasteiger partial charge on any atom is 0.182 e. The maximum absolute atomic E-state index is 11.9. The lowest BCUT2D eigenvalue weighted by Gasteiger charge is -2.10. The molecule has 1 saturated carbocycles. The van der Waals surface area contributed by atoms with Gasteiger partial charge in [-0.15, -0.1) is 0 Å². The van der Waals surface area contributed by atoms with Gasteiger partial charge in [0, 0.05) is 5.56 Å². The molecule has 2 heteroatoms. The van der Waals surface area contributed by atoms with Gasteiger partial charge < -0.3 is 5.73 Å². The average Bonchev–Trinajstić information content (AvgIpc) is 2.84. The summed E-state index contributed by atoms with van der Waals surface area (Å²) < 4.78 is 0. The molecule has 0 heterocycles. The van der Waals surface area contributed by atoms with Crippen molar-refractivity contribution in [3.8, 4) is 0 Å². The minimum absolute atomic E-state index is 0.106. The first kappa shape index (κ1) is 9.41. The second kappa shape index (κ2) is 2.92. The number of carbonyl (C=O) groups is 1. The third kappa shape index (κ3) is 1.46. The summed E-state index contributed by atoms with van der Waals surface area (Å²) in [6.07, 6.45) is 1.66. The van der Waals surface area contributed by atoms with Gasteiger partial charge in [-0.2, -0.15) is 0 Å². The second-order valence-corrected chi connectivity index (χ2v) is 4.30. The Labute approximate surface area is 84.1 Å². The zero-order chi connectivity index (χ0) is 10.3. The third-order valence-corrected chi connectivity index (χ3v) is 2.87. The van der Waals surface area contributed by atoms with Crippen molar-refractivity contribution in [2.24, 2.45) is 5.73 Å². The van der Waals surface area contributed by atoms with Crippen molar-refractivity contribution in [3.05, 3.63) is 34.9 Å². The van der Waals surface area contributed by atoms with Crippen molar-refractivity contribution in [2.75, 3.05) is 0 Å². The molecular formula is C12H15NO. The number of rotatable bonds is 2.